The highest BCUT2D eigenvalue weighted by Gasteiger charge is 2.21. The third-order valence-electron chi connectivity index (χ3n) is 2.23. The number of rotatable bonds is 4. The van der Waals surface area contributed by atoms with Gasteiger partial charge < -0.3 is 0 Å². The Morgan fingerprint density at radius 2 is 1.92 bits per heavy atom. The first-order valence-corrected chi connectivity index (χ1v) is 4.94. The normalized spacial score (nSPS) is 14.5. The molecule has 0 aromatic heterocycles. The second kappa shape index (κ2) is 5.15. The van der Waals surface area contributed by atoms with Crippen molar-refractivity contribution in [2.75, 3.05) is 7.05 Å². The molecule has 0 fully saturated rings. The van der Waals surface area contributed by atoms with Crippen molar-refractivity contribution in [1.82, 2.24) is 0 Å². The first-order valence-electron chi connectivity index (χ1n) is 4.94. The van der Waals surface area contributed by atoms with E-state index >= 15 is 0 Å². The van der Waals surface area contributed by atoms with Crippen LogP contribution in [0.15, 0.2) is 9.98 Å². The molecule has 0 saturated carbocycles. The van der Waals surface area contributed by atoms with Gasteiger partial charge >= 0.3 is 0 Å². The molecule has 0 aromatic carbocycles. The van der Waals surface area contributed by atoms with E-state index in [0.717, 1.165) is 12.1 Å². The molecular weight excluding hydrogens is 160 g/mol. The van der Waals surface area contributed by atoms with Gasteiger partial charge in [-0.2, -0.15) is 0 Å². The van der Waals surface area contributed by atoms with Crippen molar-refractivity contribution in [2.45, 2.75) is 47.1 Å². The van der Waals surface area contributed by atoms with E-state index in [1.165, 1.54) is 0 Å². The molecule has 2 nitrogen and oxygen atoms in total. The van der Waals surface area contributed by atoms with Gasteiger partial charge in [-0.05, 0) is 20.3 Å². The minimum absolute atomic E-state index is 0.143. The van der Waals surface area contributed by atoms with Crippen molar-refractivity contribution < 1.29 is 0 Å². The fourth-order valence-corrected chi connectivity index (χ4v) is 0.964. The van der Waals surface area contributed by atoms with E-state index in [-0.39, 0.29) is 5.41 Å². The van der Waals surface area contributed by atoms with Crippen molar-refractivity contribution in [3.63, 3.8) is 0 Å². The molecule has 0 aromatic rings. The van der Waals surface area contributed by atoms with Gasteiger partial charge in [0.05, 0.1) is 5.71 Å². The highest BCUT2D eigenvalue weighted by atomic mass is 14.8. The summed E-state index contributed by atoms with van der Waals surface area (Å²) in [4.78, 5) is 8.62. The lowest BCUT2D eigenvalue weighted by atomic mass is 9.85. The Labute approximate surface area is 82.2 Å². The zero-order valence-electron chi connectivity index (χ0n) is 9.76. The topological polar surface area (TPSA) is 24.7 Å². The molecule has 0 atom stereocenters. The largest absolute Gasteiger partial charge is 0.295 e. The van der Waals surface area contributed by atoms with Gasteiger partial charge in [-0.25, -0.2) is 0 Å². The van der Waals surface area contributed by atoms with Crippen molar-refractivity contribution in [2.24, 2.45) is 15.4 Å². The standard InChI is InChI=1S/C11H22N2/c1-7-11(4,5)10(8-12-6)13-9(2)3/h8-9H,7H2,1-6H3. The van der Waals surface area contributed by atoms with Crippen LogP contribution < -0.4 is 0 Å². The van der Waals surface area contributed by atoms with Crippen LogP contribution in [0.3, 0.4) is 0 Å². The minimum Gasteiger partial charge on any atom is -0.295 e. The Hall–Kier alpha value is -0.660. The SMILES string of the molecule is CCC(C)(C)C(C=NC)=NC(C)C. The highest BCUT2D eigenvalue weighted by molar-refractivity contribution is 6.32. The maximum Gasteiger partial charge on any atom is 0.0585 e. The van der Waals surface area contributed by atoms with Gasteiger partial charge in [0.15, 0.2) is 0 Å². The van der Waals surface area contributed by atoms with Crippen LogP contribution in [0.4, 0.5) is 0 Å². The quantitative estimate of drug-likeness (QED) is 0.597. The summed E-state index contributed by atoms with van der Waals surface area (Å²) in [6, 6.07) is 0.346. The predicted octanol–water partition coefficient (Wildman–Crippen LogP) is 2.97. The summed E-state index contributed by atoms with van der Waals surface area (Å²) < 4.78 is 0. The summed E-state index contributed by atoms with van der Waals surface area (Å²) in [6.07, 6.45) is 2.97. The van der Waals surface area contributed by atoms with Crippen molar-refractivity contribution in [3.8, 4) is 0 Å². The molecule has 13 heavy (non-hydrogen) atoms. The van der Waals surface area contributed by atoms with Crippen LogP contribution in [0.2, 0.25) is 0 Å². The summed E-state index contributed by atoms with van der Waals surface area (Å²) >= 11 is 0. The van der Waals surface area contributed by atoms with Gasteiger partial charge in [0.1, 0.15) is 0 Å². The molecule has 2 heteroatoms. The first-order chi connectivity index (χ1) is 5.94. The second-order valence-corrected chi connectivity index (χ2v) is 4.23. The maximum atomic E-state index is 4.58. The van der Waals surface area contributed by atoms with Crippen molar-refractivity contribution >= 4 is 11.9 Å². The van der Waals surface area contributed by atoms with Crippen LogP contribution in [0.1, 0.15) is 41.0 Å². The van der Waals surface area contributed by atoms with E-state index in [4.69, 9.17) is 0 Å². The molecule has 0 unspecified atom stereocenters. The molecule has 0 aliphatic heterocycles. The van der Waals surface area contributed by atoms with E-state index in [9.17, 15) is 0 Å². The third-order valence-corrected chi connectivity index (χ3v) is 2.23. The van der Waals surface area contributed by atoms with Gasteiger partial charge in [-0.1, -0.05) is 20.8 Å². The number of nitrogens with zero attached hydrogens (tertiary/aromatic N) is 2. The monoisotopic (exact) mass is 182 g/mol. The highest BCUT2D eigenvalue weighted by Crippen LogP contribution is 2.21. The summed E-state index contributed by atoms with van der Waals surface area (Å²) in [6.45, 7) is 10.8. The lowest BCUT2D eigenvalue weighted by Crippen LogP contribution is -2.25. The number of hydrogen-bond acceptors (Lipinski definition) is 2. The van der Waals surface area contributed by atoms with Crippen LogP contribution >= 0.6 is 0 Å². The fourth-order valence-electron chi connectivity index (χ4n) is 0.964. The summed E-state index contributed by atoms with van der Waals surface area (Å²) in [5.74, 6) is 0. The fraction of sp³-hybridized carbons (Fsp3) is 0.818. The molecule has 0 rings (SSSR count). The molecule has 0 amide bonds. The van der Waals surface area contributed by atoms with Crippen LogP contribution in [0.5, 0.6) is 0 Å². The summed E-state index contributed by atoms with van der Waals surface area (Å²) in [5.41, 5.74) is 1.25. The average Bonchev–Trinajstić information content (AvgIpc) is 2.03. The van der Waals surface area contributed by atoms with Crippen molar-refractivity contribution in [3.05, 3.63) is 0 Å². The van der Waals surface area contributed by atoms with Crippen LogP contribution in [0, 0.1) is 5.41 Å². The van der Waals surface area contributed by atoms with E-state index in [1.807, 2.05) is 6.21 Å². The summed E-state index contributed by atoms with van der Waals surface area (Å²) in [7, 11) is 1.79. The zero-order chi connectivity index (χ0) is 10.5. The molecule has 0 saturated heterocycles. The van der Waals surface area contributed by atoms with Gasteiger partial charge in [0.25, 0.3) is 0 Å². The lowest BCUT2D eigenvalue weighted by Gasteiger charge is -2.23. The molecule has 76 valence electrons. The zero-order valence-corrected chi connectivity index (χ0v) is 9.76. The number of aliphatic imine (C=N–C) groups is 2. The molecule has 0 bridgehead atoms. The van der Waals surface area contributed by atoms with Gasteiger partial charge in [0.2, 0.25) is 0 Å². The third kappa shape index (κ3) is 4.20. The van der Waals surface area contributed by atoms with E-state index in [2.05, 4.69) is 44.6 Å². The van der Waals surface area contributed by atoms with Gasteiger partial charge in [0, 0.05) is 24.7 Å². The lowest BCUT2D eigenvalue weighted by molar-refractivity contribution is 0.505. The molecule has 0 radical (unpaired) electrons. The van der Waals surface area contributed by atoms with E-state index in [0.29, 0.717) is 6.04 Å². The van der Waals surface area contributed by atoms with Crippen molar-refractivity contribution in [1.29, 1.82) is 0 Å². The minimum atomic E-state index is 0.143. The van der Waals surface area contributed by atoms with E-state index < -0.39 is 0 Å². The molecule has 0 spiro atoms. The van der Waals surface area contributed by atoms with Crippen LogP contribution in [-0.4, -0.2) is 25.0 Å². The smallest absolute Gasteiger partial charge is 0.0585 e. The Morgan fingerprint density at radius 1 is 1.38 bits per heavy atom. The Morgan fingerprint density at radius 3 is 2.23 bits per heavy atom. The van der Waals surface area contributed by atoms with Gasteiger partial charge in [-0.3, -0.25) is 9.98 Å². The average molecular weight is 182 g/mol. The Kier molecular flexibility index (Phi) is 4.89. The molecule has 0 aliphatic rings. The van der Waals surface area contributed by atoms with Gasteiger partial charge in [-0.15, -0.1) is 0 Å². The Balaban J connectivity index is 4.81. The predicted molar refractivity (Wildman–Crippen MR) is 61.1 cm³/mol. The molecular formula is C11H22N2. The van der Waals surface area contributed by atoms with Crippen LogP contribution in [-0.2, 0) is 0 Å². The number of hydrogen-bond donors (Lipinski definition) is 0. The van der Waals surface area contributed by atoms with E-state index in [1.54, 1.807) is 7.05 Å². The second-order valence-electron chi connectivity index (χ2n) is 4.23. The molecule has 0 heterocycles. The van der Waals surface area contributed by atoms with Crippen LogP contribution in [0.25, 0.3) is 0 Å². The Bertz CT molecular complexity index is 200. The molecule has 0 N–H and O–H groups in total. The first kappa shape index (κ1) is 12.3. The summed E-state index contributed by atoms with van der Waals surface area (Å²) in [5, 5.41) is 0. The molecule has 0 aliphatic carbocycles. The maximum absolute atomic E-state index is 4.58.